The maximum Gasteiger partial charge on any atom is 0.527 e. The van der Waals surface area contributed by atoms with Crippen LogP contribution in [-0.4, -0.2) is 11.0 Å². The minimum absolute atomic E-state index is 0.142. The van der Waals surface area contributed by atoms with E-state index < -0.39 is 13.9 Å². The first kappa shape index (κ1) is 40.0. The lowest BCUT2D eigenvalue weighted by Gasteiger charge is -2.42. The molecule has 0 fully saturated rings. The molecule has 0 radical (unpaired) electrons. The van der Waals surface area contributed by atoms with Gasteiger partial charge in [0, 0.05) is 23.0 Å². The second-order valence-corrected chi connectivity index (χ2v) is 20.1. The van der Waals surface area contributed by atoms with Gasteiger partial charge in [-0.3, -0.25) is 9.42 Å². The van der Waals surface area contributed by atoms with Crippen LogP contribution in [-0.2, 0) is 28.4 Å². The Morgan fingerprint density at radius 1 is 0.636 bits per heavy atom. The maximum absolute atomic E-state index is 14.8. The first-order valence-electron chi connectivity index (χ1n) is 21.3. The van der Waals surface area contributed by atoms with Crippen molar-refractivity contribution in [1.29, 1.82) is 0 Å². The third kappa shape index (κ3) is 7.30. The van der Waals surface area contributed by atoms with Gasteiger partial charge in [0.15, 0.2) is 0 Å². The molecule has 294 valence electrons. The highest BCUT2D eigenvalue weighted by Gasteiger charge is 2.50. The van der Waals surface area contributed by atoms with Gasteiger partial charge in [0.05, 0.1) is 6.10 Å². The smallest absolute Gasteiger partial charge is 0.403 e. The van der Waals surface area contributed by atoms with E-state index in [-0.39, 0.29) is 35.5 Å². The van der Waals surface area contributed by atoms with Crippen molar-refractivity contribution in [3.8, 4) is 16.9 Å². The van der Waals surface area contributed by atoms with Gasteiger partial charge in [0.2, 0.25) is 0 Å². The molecule has 7 rings (SSSR count). The zero-order valence-electron chi connectivity index (χ0n) is 35.5. The Bertz CT molecular complexity index is 2080. The van der Waals surface area contributed by atoms with Gasteiger partial charge in [-0.15, -0.1) is 0 Å². The van der Waals surface area contributed by atoms with Crippen molar-refractivity contribution in [2.24, 2.45) is 0 Å². The summed E-state index contributed by atoms with van der Waals surface area (Å²) in [5.41, 5.74) is 17.4. The van der Waals surface area contributed by atoms with Crippen LogP contribution in [0.1, 0.15) is 210 Å². The van der Waals surface area contributed by atoms with Crippen LogP contribution < -0.4 is 4.52 Å². The van der Waals surface area contributed by atoms with E-state index in [9.17, 15) is 9.46 Å². The number of hydrogen-bond acceptors (Lipinski definition) is 3. The van der Waals surface area contributed by atoms with Gasteiger partial charge in [-0.2, -0.15) is 0 Å². The Hall–Kier alpha value is -3.17. The quantitative estimate of drug-likeness (QED) is 0.182. The lowest BCUT2D eigenvalue weighted by atomic mass is 9.65. The standard InChI is InChI=1S/C50H65O4P/c1-27(2)35-23-39(29(5)6)45(40(24-35)30(7)8)43-21-33-17-13-15-19-37(33)47-48-38-20-16-14-18-34(38)22-44(50(48)54-55(51,52)53-49(43)47)46-41(31(9)10)25-36(28(3)4)26-42(46)32(11)12/h13,15,17,19,22-32,43,47,49H,14,16,18,20-21H2,1-12H3,(H,51,52)/t43?,47-,49-/m1/s1. The number of phosphoric ester groups is 1. The fraction of sp³-hybridized carbons (Fsp3) is 0.520. The topological polar surface area (TPSA) is 55.8 Å². The molecule has 1 aliphatic heterocycles. The molecule has 4 nitrogen and oxygen atoms in total. The molecule has 0 saturated heterocycles. The molecule has 0 amide bonds. The first-order valence-corrected chi connectivity index (χ1v) is 22.8. The number of phosphoric acid groups is 1. The molecule has 3 aliphatic rings. The van der Waals surface area contributed by atoms with Gasteiger partial charge in [-0.05, 0) is 140 Å². The van der Waals surface area contributed by atoms with Crippen LogP contribution in [0, 0.1) is 0 Å². The van der Waals surface area contributed by atoms with Crippen molar-refractivity contribution in [3.05, 3.63) is 121 Å². The molecule has 2 unspecified atom stereocenters. The number of fused-ring (bicyclic) bond motifs is 7. The Labute approximate surface area is 332 Å². The van der Waals surface area contributed by atoms with Crippen molar-refractivity contribution in [2.45, 2.75) is 169 Å². The fourth-order valence-electron chi connectivity index (χ4n) is 10.0. The molecule has 4 atom stereocenters. The van der Waals surface area contributed by atoms with Crippen LogP contribution >= 0.6 is 7.82 Å². The number of benzene rings is 4. The molecule has 0 aromatic heterocycles. The molecular weight excluding hydrogens is 696 g/mol. The zero-order valence-corrected chi connectivity index (χ0v) is 36.4. The first-order chi connectivity index (χ1) is 26.0. The van der Waals surface area contributed by atoms with E-state index in [1.165, 1.54) is 61.2 Å². The monoisotopic (exact) mass is 760 g/mol. The van der Waals surface area contributed by atoms with E-state index in [2.05, 4.69) is 138 Å². The number of aryl methyl sites for hydroxylation is 1. The summed E-state index contributed by atoms with van der Waals surface area (Å²) in [7, 11) is -4.61. The van der Waals surface area contributed by atoms with Gasteiger partial charge in [-0.1, -0.05) is 132 Å². The van der Waals surface area contributed by atoms with E-state index in [1.807, 2.05) is 0 Å². The van der Waals surface area contributed by atoms with Crippen LogP contribution in [0.25, 0.3) is 11.1 Å². The van der Waals surface area contributed by atoms with Gasteiger partial charge in [0.1, 0.15) is 5.75 Å². The molecule has 0 bridgehead atoms. The molecule has 5 heteroatoms. The summed E-state index contributed by atoms with van der Waals surface area (Å²) in [6.45, 7) is 27.3. The lowest BCUT2D eigenvalue weighted by molar-refractivity contribution is 0.106. The van der Waals surface area contributed by atoms with E-state index in [0.717, 1.165) is 48.8 Å². The lowest BCUT2D eigenvalue weighted by Crippen LogP contribution is -2.36. The highest BCUT2D eigenvalue weighted by Crippen LogP contribution is 2.63. The molecule has 0 spiro atoms. The molecule has 1 N–H and O–H groups in total. The average molecular weight is 761 g/mol. The third-order valence-electron chi connectivity index (χ3n) is 12.9. The summed E-state index contributed by atoms with van der Waals surface area (Å²) in [5, 5.41) is 0. The van der Waals surface area contributed by atoms with E-state index >= 15 is 0 Å². The molecule has 1 heterocycles. The van der Waals surface area contributed by atoms with Gasteiger partial charge in [0.25, 0.3) is 0 Å². The molecule has 55 heavy (non-hydrogen) atoms. The summed E-state index contributed by atoms with van der Waals surface area (Å²) < 4.78 is 28.1. The van der Waals surface area contributed by atoms with Crippen LogP contribution in [0.15, 0.2) is 54.6 Å². The van der Waals surface area contributed by atoms with Crippen molar-refractivity contribution in [1.82, 2.24) is 0 Å². The van der Waals surface area contributed by atoms with Crippen LogP contribution in [0.5, 0.6) is 5.75 Å². The van der Waals surface area contributed by atoms with Crippen molar-refractivity contribution >= 4 is 7.82 Å². The third-order valence-corrected chi connectivity index (χ3v) is 13.8. The Kier molecular flexibility index (Phi) is 11.1. The van der Waals surface area contributed by atoms with Crippen LogP contribution in [0.2, 0.25) is 0 Å². The zero-order chi connectivity index (χ0) is 39.7. The van der Waals surface area contributed by atoms with E-state index in [4.69, 9.17) is 9.05 Å². The predicted octanol–water partition coefficient (Wildman–Crippen LogP) is 14.3. The minimum atomic E-state index is -4.61. The summed E-state index contributed by atoms with van der Waals surface area (Å²) in [5.74, 6) is 1.94. The normalized spacial score (nSPS) is 22.2. The average Bonchev–Trinajstić information content (AvgIpc) is 3.26. The highest BCUT2D eigenvalue weighted by molar-refractivity contribution is 7.47. The van der Waals surface area contributed by atoms with Gasteiger partial charge < -0.3 is 4.52 Å². The molecule has 2 aliphatic carbocycles. The minimum Gasteiger partial charge on any atom is -0.403 e. The van der Waals surface area contributed by atoms with Crippen molar-refractivity contribution < 1.29 is 18.5 Å². The fourth-order valence-corrected chi connectivity index (χ4v) is 11.1. The largest absolute Gasteiger partial charge is 0.527 e. The maximum atomic E-state index is 14.8. The Morgan fingerprint density at radius 2 is 1.16 bits per heavy atom. The molecule has 4 aromatic carbocycles. The molecular formula is C50H65O4P. The van der Waals surface area contributed by atoms with Crippen molar-refractivity contribution in [2.75, 3.05) is 0 Å². The second kappa shape index (κ2) is 15.3. The summed E-state index contributed by atoms with van der Waals surface area (Å²) in [6, 6.07) is 20.7. The Balaban J connectivity index is 1.60. The molecule has 0 saturated carbocycles. The summed E-state index contributed by atoms with van der Waals surface area (Å²) in [6.07, 6.45) is 4.27. The van der Waals surface area contributed by atoms with E-state index in [1.54, 1.807) is 0 Å². The Morgan fingerprint density at radius 3 is 1.71 bits per heavy atom. The molecule has 4 aromatic rings. The van der Waals surface area contributed by atoms with Crippen LogP contribution in [0.3, 0.4) is 0 Å². The second-order valence-electron chi connectivity index (χ2n) is 18.7. The predicted molar refractivity (Wildman–Crippen MR) is 230 cm³/mol. The highest BCUT2D eigenvalue weighted by atomic mass is 31.2. The van der Waals surface area contributed by atoms with Crippen molar-refractivity contribution in [3.63, 3.8) is 0 Å². The number of hydrogen-bond donors (Lipinski definition) is 1. The van der Waals surface area contributed by atoms with Crippen LogP contribution in [0.4, 0.5) is 0 Å². The summed E-state index contributed by atoms with van der Waals surface area (Å²) in [4.78, 5) is 12.1. The van der Waals surface area contributed by atoms with Gasteiger partial charge in [-0.25, -0.2) is 4.57 Å². The van der Waals surface area contributed by atoms with E-state index in [0.29, 0.717) is 17.6 Å². The summed E-state index contributed by atoms with van der Waals surface area (Å²) >= 11 is 0. The SMILES string of the molecule is CC(C)c1cc(C(C)C)c(-c2cc3c(c4c2OP(=O)(O)O[C@@H]2C(c5c(C(C)C)cc(C(C)C)cc5C(C)C)Cc5ccccc5[C@H]42)CCCC3)c(C(C)C)c1. The number of rotatable bonds is 8. The van der Waals surface area contributed by atoms with Gasteiger partial charge >= 0.3 is 7.82 Å².